The molecule has 3 aromatic carbocycles. The van der Waals surface area contributed by atoms with Crippen molar-refractivity contribution in [1.29, 1.82) is 0 Å². The van der Waals surface area contributed by atoms with Gasteiger partial charge in [0.15, 0.2) is 0 Å². The standard InChI is InChI=1S/C33H34F3N3O5/c1-19-4-6-21(7-5-19)18-44-28-15-25-20(2)38(10-8-22(25)12-26(28)33(34,35)36)17-30-37-31-27(39(30)16-24-9-11-43-24)13-23(32(40)41)14-29(31)42-3/h4-7,12-15,20,24H,8-11,16-18H2,1-3H3,(H,40,41)/t20-,24-/m0/s1. The highest BCUT2D eigenvalue weighted by molar-refractivity contribution is 5.95. The lowest BCUT2D eigenvalue weighted by atomic mass is 9.91. The van der Waals surface area contributed by atoms with Crippen molar-refractivity contribution in [3.63, 3.8) is 0 Å². The van der Waals surface area contributed by atoms with Crippen molar-refractivity contribution < 1.29 is 37.3 Å². The summed E-state index contributed by atoms with van der Waals surface area (Å²) in [5.41, 5.74) is 3.78. The summed E-state index contributed by atoms with van der Waals surface area (Å²) >= 11 is 0. The average molecular weight is 610 g/mol. The predicted molar refractivity (Wildman–Crippen MR) is 157 cm³/mol. The number of alkyl halides is 3. The lowest BCUT2D eigenvalue weighted by Gasteiger charge is -2.36. The van der Waals surface area contributed by atoms with Crippen molar-refractivity contribution in [2.24, 2.45) is 0 Å². The Kier molecular flexibility index (Phi) is 8.02. The van der Waals surface area contributed by atoms with Crippen molar-refractivity contribution in [2.45, 2.75) is 64.7 Å². The Morgan fingerprint density at radius 1 is 1.14 bits per heavy atom. The molecule has 1 N–H and O–H groups in total. The molecule has 2 atom stereocenters. The van der Waals surface area contributed by atoms with Crippen LogP contribution in [-0.2, 0) is 37.0 Å². The van der Waals surface area contributed by atoms with Crippen LogP contribution in [0.5, 0.6) is 11.5 Å². The number of aryl methyl sites for hydroxylation is 1. The van der Waals surface area contributed by atoms with Gasteiger partial charge in [0.25, 0.3) is 0 Å². The maximum Gasteiger partial charge on any atom is 0.419 e. The molecule has 0 saturated carbocycles. The van der Waals surface area contributed by atoms with E-state index in [-0.39, 0.29) is 30.1 Å². The molecule has 0 amide bonds. The van der Waals surface area contributed by atoms with E-state index in [0.717, 1.165) is 23.1 Å². The molecule has 2 aliphatic rings. The number of benzene rings is 3. The molecule has 1 fully saturated rings. The second kappa shape index (κ2) is 11.8. The molecule has 0 aliphatic carbocycles. The zero-order chi connectivity index (χ0) is 31.2. The number of ether oxygens (including phenoxy) is 3. The van der Waals surface area contributed by atoms with E-state index in [4.69, 9.17) is 19.2 Å². The van der Waals surface area contributed by atoms with Gasteiger partial charge < -0.3 is 23.9 Å². The first-order valence-corrected chi connectivity index (χ1v) is 14.6. The highest BCUT2D eigenvalue weighted by atomic mass is 19.4. The molecule has 0 spiro atoms. The third-order valence-corrected chi connectivity index (χ3v) is 8.62. The summed E-state index contributed by atoms with van der Waals surface area (Å²) < 4.78 is 61.4. The van der Waals surface area contributed by atoms with Crippen LogP contribution in [0.4, 0.5) is 13.2 Å². The molecule has 3 heterocycles. The number of hydrogen-bond acceptors (Lipinski definition) is 6. The van der Waals surface area contributed by atoms with Crippen LogP contribution in [0.1, 0.15) is 63.4 Å². The number of rotatable bonds is 9. The normalized spacial score (nSPS) is 18.6. The molecule has 1 saturated heterocycles. The number of carboxylic acids is 1. The van der Waals surface area contributed by atoms with E-state index < -0.39 is 17.7 Å². The number of carbonyl (C=O) groups is 1. The number of aromatic nitrogens is 2. The summed E-state index contributed by atoms with van der Waals surface area (Å²) in [6.45, 7) is 6.04. The van der Waals surface area contributed by atoms with E-state index >= 15 is 0 Å². The Bertz CT molecular complexity index is 1700. The average Bonchev–Trinajstić information content (AvgIpc) is 3.31. The Morgan fingerprint density at radius 3 is 2.52 bits per heavy atom. The molecule has 1 aromatic heterocycles. The predicted octanol–water partition coefficient (Wildman–Crippen LogP) is 6.56. The molecule has 11 heteroatoms. The first kappa shape index (κ1) is 30.0. The van der Waals surface area contributed by atoms with Gasteiger partial charge in [-0.1, -0.05) is 29.8 Å². The largest absolute Gasteiger partial charge is 0.494 e. The summed E-state index contributed by atoms with van der Waals surface area (Å²) in [6.07, 6.45) is -3.26. The van der Waals surface area contributed by atoms with Crippen LogP contribution in [0.3, 0.4) is 0 Å². The first-order chi connectivity index (χ1) is 21.0. The fourth-order valence-electron chi connectivity index (χ4n) is 5.96. The van der Waals surface area contributed by atoms with Crippen LogP contribution >= 0.6 is 0 Å². The Labute approximate surface area is 253 Å². The molecule has 0 unspecified atom stereocenters. The summed E-state index contributed by atoms with van der Waals surface area (Å²) in [6, 6.07) is 13.1. The van der Waals surface area contributed by atoms with Gasteiger partial charge in [0.05, 0.1) is 42.9 Å². The van der Waals surface area contributed by atoms with Crippen LogP contribution in [0.15, 0.2) is 48.5 Å². The molecule has 6 rings (SSSR count). The second-order valence-electron chi connectivity index (χ2n) is 11.5. The number of nitrogens with zero attached hydrogens (tertiary/aromatic N) is 3. The van der Waals surface area contributed by atoms with Gasteiger partial charge in [0, 0.05) is 19.2 Å². The molecule has 8 nitrogen and oxygen atoms in total. The molecular weight excluding hydrogens is 575 g/mol. The number of fused-ring (bicyclic) bond motifs is 2. The van der Waals surface area contributed by atoms with Crippen LogP contribution in [0, 0.1) is 6.92 Å². The minimum Gasteiger partial charge on any atom is -0.494 e. The first-order valence-electron chi connectivity index (χ1n) is 14.6. The van der Waals surface area contributed by atoms with Gasteiger partial charge in [0.1, 0.15) is 29.4 Å². The van der Waals surface area contributed by atoms with Crippen molar-refractivity contribution >= 4 is 17.0 Å². The Hall–Kier alpha value is -4.09. The fraction of sp³-hybridized carbons (Fsp3) is 0.394. The Morgan fingerprint density at radius 2 is 1.89 bits per heavy atom. The lowest BCUT2D eigenvalue weighted by Crippen LogP contribution is -2.36. The number of carboxylic acid groups (broad SMARTS) is 1. The van der Waals surface area contributed by atoms with Gasteiger partial charge in [-0.2, -0.15) is 13.2 Å². The number of halogens is 3. The summed E-state index contributed by atoms with van der Waals surface area (Å²) in [5, 5.41) is 9.70. The van der Waals surface area contributed by atoms with E-state index in [1.54, 1.807) is 6.07 Å². The van der Waals surface area contributed by atoms with Gasteiger partial charge >= 0.3 is 12.1 Å². The van der Waals surface area contributed by atoms with E-state index in [2.05, 4.69) is 4.90 Å². The van der Waals surface area contributed by atoms with Crippen LogP contribution in [0.2, 0.25) is 0 Å². The Balaban J connectivity index is 1.33. The molecule has 0 radical (unpaired) electrons. The topological polar surface area (TPSA) is 86.0 Å². The third-order valence-electron chi connectivity index (χ3n) is 8.62. The number of imidazole rings is 1. The molecular formula is C33H34F3N3O5. The molecule has 4 aromatic rings. The van der Waals surface area contributed by atoms with Gasteiger partial charge in [0.2, 0.25) is 0 Å². The van der Waals surface area contributed by atoms with Crippen LogP contribution < -0.4 is 9.47 Å². The summed E-state index contributed by atoms with van der Waals surface area (Å²) in [5.74, 6) is -0.193. The van der Waals surface area contributed by atoms with E-state index in [1.165, 1.54) is 25.3 Å². The SMILES string of the molecule is COc1cc(C(=O)O)cc2c1nc(CN1CCc3cc(C(F)(F)F)c(OCc4ccc(C)cc4)cc3[C@@H]1C)n2C[C@@H]1CCO1. The zero-order valence-electron chi connectivity index (χ0n) is 24.8. The van der Waals surface area contributed by atoms with Crippen molar-refractivity contribution in [1.82, 2.24) is 14.5 Å². The van der Waals surface area contributed by atoms with Crippen LogP contribution in [0.25, 0.3) is 11.0 Å². The minimum atomic E-state index is -4.56. The highest BCUT2D eigenvalue weighted by Crippen LogP contribution is 2.42. The minimum absolute atomic E-state index is 0.0147. The number of hydrogen-bond donors (Lipinski definition) is 1. The zero-order valence-corrected chi connectivity index (χ0v) is 24.8. The quantitative estimate of drug-likeness (QED) is 0.230. The highest BCUT2D eigenvalue weighted by Gasteiger charge is 2.37. The van der Waals surface area contributed by atoms with Gasteiger partial charge in [-0.05, 0) is 67.6 Å². The van der Waals surface area contributed by atoms with E-state index in [1.807, 2.05) is 42.7 Å². The van der Waals surface area contributed by atoms with Crippen molar-refractivity contribution in [2.75, 3.05) is 20.3 Å². The number of aromatic carboxylic acids is 1. The molecule has 44 heavy (non-hydrogen) atoms. The van der Waals surface area contributed by atoms with E-state index in [9.17, 15) is 23.1 Å². The van der Waals surface area contributed by atoms with Crippen molar-refractivity contribution in [3.8, 4) is 11.5 Å². The monoisotopic (exact) mass is 609 g/mol. The lowest BCUT2D eigenvalue weighted by molar-refractivity contribution is -0.139. The van der Waals surface area contributed by atoms with Gasteiger partial charge in [-0.25, -0.2) is 9.78 Å². The number of methoxy groups -OCH3 is 1. The third kappa shape index (κ3) is 5.86. The van der Waals surface area contributed by atoms with Crippen LogP contribution in [-0.4, -0.2) is 51.9 Å². The fourth-order valence-corrected chi connectivity index (χ4v) is 5.96. The molecule has 232 valence electrons. The van der Waals surface area contributed by atoms with Crippen molar-refractivity contribution in [3.05, 3.63) is 87.7 Å². The van der Waals surface area contributed by atoms with Gasteiger partial charge in [-0.15, -0.1) is 0 Å². The maximum absolute atomic E-state index is 14.1. The second-order valence-corrected chi connectivity index (χ2v) is 11.5. The summed E-state index contributed by atoms with van der Waals surface area (Å²) in [7, 11) is 1.48. The van der Waals surface area contributed by atoms with Gasteiger partial charge in [-0.3, -0.25) is 4.90 Å². The summed E-state index contributed by atoms with van der Waals surface area (Å²) in [4.78, 5) is 18.9. The maximum atomic E-state index is 14.1. The smallest absolute Gasteiger partial charge is 0.419 e. The molecule has 2 aliphatic heterocycles. The van der Waals surface area contributed by atoms with E-state index in [0.29, 0.717) is 60.8 Å². The molecule has 0 bridgehead atoms.